The molecule has 0 aromatic heterocycles. The Bertz CT molecular complexity index is 64.3. The van der Waals surface area contributed by atoms with Crippen molar-refractivity contribution in [3.8, 4) is 0 Å². The minimum atomic E-state index is 0.247. The summed E-state index contributed by atoms with van der Waals surface area (Å²) in [5.41, 5.74) is 0. The smallest absolute Gasteiger partial charge is 0.0901 e. The van der Waals surface area contributed by atoms with Crippen LogP contribution in [0.3, 0.4) is 0 Å². The van der Waals surface area contributed by atoms with E-state index in [1.807, 2.05) is 6.92 Å². The molecule has 1 unspecified atom stereocenters. The summed E-state index contributed by atoms with van der Waals surface area (Å²) < 4.78 is 0. The Balaban J connectivity index is 2.97. The van der Waals surface area contributed by atoms with Crippen molar-refractivity contribution in [1.82, 2.24) is 0 Å². The summed E-state index contributed by atoms with van der Waals surface area (Å²) in [5, 5.41) is 0. The number of hydrogen-bond donors (Lipinski definition) is 0. The van der Waals surface area contributed by atoms with E-state index in [0.29, 0.717) is 0 Å². The normalized spacial score (nSPS) is 13.5. The molecule has 0 amide bonds. The lowest BCUT2D eigenvalue weighted by atomic mass is 10.1. The second kappa shape index (κ2) is 7.03. The summed E-state index contributed by atoms with van der Waals surface area (Å²) in [5.74, 6) is 0. The first-order chi connectivity index (χ1) is 4.81. The molecule has 0 rings (SSSR count). The van der Waals surface area contributed by atoms with Gasteiger partial charge in [-0.15, -0.1) is 0 Å². The van der Waals surface area contributed by atoms with Crippen LogP contribution in [0, 0.1) is 0 Å². The third-order valence-corrected chi connectivity index (χ3v) is 1.47. The lowest BCUT2D eigenvalue weighted by Crippen LogP contribution is -2.06. The number of hydrogen-bond acceptors (Lipinski definition) is 2. The van der Waals surface area contributed by atoms with Crippen LogP contribution in [0.15, 0.2) is 0 Å². The van der Waals surface area contributed by atoms with Gasteiger partial charge in [0, 0.05) is 0 Å². The molecule has 0 aliphatic carbocycles. The van der Waals surface area contributed by atoms with Crippen LogP contribution in [0.1, 0.15) is 39.5 Å². The molecule has 0 saturated heterocycles. The van der Waals surface area contributed by atoms with Gasteiger partial charge in [-0.3, -0.25) is 0 Å². The summed E-state index contributed by atoms with van der Waals surface area (Å²) in [6.07, 6.45) is 5.14. The van der Waals surface area contributed by atoms with Crippen molar-refractivity contribution < 1.29 is 9.78 Å². The van der Waals surface area contributed by atoms with Crippen LogP contribution in [0.5, 0.6) is 0 Å². The summed E-state index contributed by atoms with van der Waals surface area (Å²) in [7, 11) is 1.55. The minimum Gasteiger partial charge on any atom is -0.240 e. The van der Waals surface area contributed by atoms with E-state index in [2.05, 4.69) is 11.8 Å². The Morgan fingerprint density at radius 1 is 1.30 bits per heavy atom. The van der Waals surface area contributed by atoms with E-state index in [0.717, 1.165) is 6.42 Å². The molecule has 2 heteroatoms. The Morgan fingerprint density at radius 2 is 2.00 bits per heavy atom. The van der Waals surface area contributed by atoms with Gasteiger partial charge < -0.3 is 0 Å². The van der Waals surface area contributed by atoms with Crippen molar-refractivity contribution >= 4 is 0 Å². The van der Waals surface area contributed by atoms with Crippen LogP contribution in [0.25, 0.3) is 0 Å². The van der Waals surface area contributed by atoms with Crippen LogP contribution in [0.4, 0.5) is 0 Å². The summed E-state index contributed by atoms with van der Waals surface area (Å²) in [6.45, 7) is 4.22. The minimum absolute atomic E-state index is 0.247. The van der Waals surface area contributed by atoms with Gasteiger partial charge in [0.15, 0.2) is 0 Å². The standard InChI is InChI=1S/C8H18O2/c1-4-5-6-7-8(2)10-9-3/h8H,4-7H2,1-3H3. The summed E-state index contributed by atoms with van der Waals surface area (Å²) in [6, 6.07) is 0. The lowest BCUT2D eigenvalue weighted by Gasteiger charge is -2.08. The molecule has 2 nitrogen and oxygen atoms in total. The van der Waals surface area contributed by atoms with Gasteiger partial charge in [-0.05, 0) is 13.3 Å². The second-order valence-corrected chi connectivity index (χ2v) is 2.57. The van der Waals surface area contributed by atoms with Crippen molar-refractivity contribution in [3.05, 3.63) is 0 Å². The zero-order valence-corrected chi connectivity index (χ0v) is 7.22. The maximum Gasteiger partial charge on any atom is 0.0901 e. The zero-order chi connectivity index (χ0) is 7.82. The molecular formula is C8H18O2. The average molecular weight is 146 g/mol. The molecule has 0 bridgehead atoms. The lowest BCUT2D eigenvalue weighted by molar-refractivity contribution is -0.301. The summed E-state index contributed by atoms with van der Waals surface area (Å²) >= 11 is 0. The predicted octanol–water partition coefficient (Wildman–Crippen LogP) is 2.53. The highest BCUT2D eigenvalue weighted by atomic mass is 17.2. The Hall–Kier alpha value is -0.0800. The highest BCUT2D eigenvalue weighted by Crippen LogP contribution is 2.05. The van der Waals surface area contributed by atoms with Crippen LogP contribution in [0.2, 0.25) is 0 Å². The van der Waals surface area contributed by atoms with E-state index >= 15 is 0 Å². The fourth-order valence-corrected chi connectivity index (χ4v) is 0.894. The van der Waals surface area contributed by atoms with Gasteiger partial charge in [0.05, 0.1) is 13.2 Å². The fourth-order valence-electron chi connectivity index (χ4n) is 0.894. The van der Waals surface area contributed by atoms with Crippen molar-refractivity contribution in [2.75, 3.05) is 7.11 Å². The quantitative estimate of drug-likeness (QED) is 0.325. The molecule has 0 heterocycles. The molecule has 0 aliphatic heterocycles. The molecule has 0 N–H and O–H groups in total. The number of unbranched alkanes of at least 4 members (excludes halogenated alkanes) is 2. The monoisotopic (exact) mass is 146 g/mol. The van der Waals surface area contributed by atoms with E-state index < -0.39 is 0 Å². The second-order valence-electron chi connectivity index (χ2n) is 2.57. The molecule has 0 saturated carbocycles. The molecule has 1 atom stereocenters. The fraction of sp³-hybridized carbons (Fsp3) is 1.00. The zero-order valence-electron chi connectivity index (χ0n) is 7.22. The van der Waals surface area contributed by atoms with Gasteiger partial charge >= 0.3 is 0 Å². The Labute approximate surface area is 63.5 Å². The van der Waals surface area contributed by atoms with Gasteiger partial charge in [-0.1, -0.05) is 26.2 Å². The van der Waals surface area contributed by atoms with E-state index in [1.54, 1.807) is 7.11 Å². The van der Waals surface area contributed by atoms with Crippen LogP contribution in [-0.4, -0.2) is 13.2 Å². The first-order valence-electron chi connectivity index (χ1n) is 4.00. The van der Waals surface area contributed by atoms with Gasteiger partial charge in [-0.2, -0.15) is 0 Å². The van der Waals surface area contributed by atoms with E-state index in [4.69, 9.17) is 4.89 Å². The number of rotatable bonds is 6. The molecule has 0 radical (unpaired) electrons. The SMILES string of the molecule is CCCCCC(C)OOC. The van der Waals surface area contributed by atoms with Crippen LogP contribution in [-0.2, 0) is 9.78 Å². The predicted molar refractivity (Wildman–Crippen MR) is 41.7 cm³/mol. The molecule has 0 aromatic carbocycles. The third kappa shape index (κ3) is 6.05. The highest BCUT2D eigenvalue weighted by Gasteiger charge is 1.99. The van der Waals surface area contributed by atoms with Crippen LogP contribution >= 0.6 is 0 Å². The van der Waals surface area contributed by atoms with Crippen molar-refractivity contribution in [2.45, 2.75) is 45.6 Å². The molecule has 10 heavy (non-hydrogen) atoms. The molecule has 0 fully saturated rings. The molecule has 0 aromatic rings. The van der Waals surface area contributed by atoms with Gasteiger partial charge in [-0.25, -0.2) is 9.78 Å². The molecule has 0 aliphatic rings. The Kier molecular flexibility index (Phi) is 6.98. The largest absolute Gasteiger partial charge is 0.240 e. The Morgan fingerprint density at radius 3 is 2.50 bits per heavy atom. The van der Waals surface area contributed by atoms with E-state index in [-0.39, 0.29) is 6.10 Å². The molecule has 62 valence electrons. The first kappa shape index (κ1) is 9.92. The van der Waals surface area contributed by atoms with E-state index in [1.165, 1.54) is 19.3 Å². The molecular weight excluding hydrogens is 128 g/mol. The third-order valence-electron chi connectivity index (χ3n) is 1.47. The maximum atomic E-state index is 4.89. The van der Waals surface area contributed by atoms with E-state index in [9.17, 15) is 0 Å². The van der Waals surface area contributed by atoms with Crippen molar-refractivity contribution in [2.24, 2.45) is 0 Å². The summed E-state index contributed by atoms with van der Waals surface area (Å²) in [4.78, 5) is 9.42. The maximum absolute atomic E-state index is 4.89. The van der Waals surface area contributed by atoms with Gasteiger partial charge in [0.2, 0.25) is 0 Å². The van der Waals surface area contributed by atoms with Crippen molar-refractivity contribution in [1.29, 1.82) is 0 Å². The van der Waals surface area contributed by atoms with Gasteiger partial charge in [0.1, 0.15) is 0 Å². The van der Waals surface area contributed by atoms with Gasteiger partial charge in [0.25, 0.3) is 0 Å². The molecule has 0 spiro atoms. The van der Waals surface area contributed by atoms with Crippen LogP contribution < -0.4 is 0 Å². The van der Waals surface area contributed by atoms with Crippen molar-refractivity contribution in [3.63, 3.8) is 0 Å². The topological polar surface area (TPSA) is 18.5 Å². The average Bonchev–Trinajstić information content (AvgIpc) is 1.89. The highest BCUT2D eigenvalue weighted by molar-refractivity contribution is 4.47. The first-order valence-corrected chi connectivity index (χ1v) is 4.00.